The Bertz CT molecular complexity index is 630. The molecule has 2 rings (SSSR count). The second kappa shape index (κ2) is 7.01. The fourth-order valence-corrected chi connectivity index (χ4v) is 2.18. The van der Waals surface area contributed by atoms with E-state index < -0.39 is 5.97 Å². The number of carboxylic acid groups (broad SMARTS) is 1. The molecule has 112 valence electrons. The molecular weight excluding hydrogens is 272 g/mol. The molecule has 0 saturated heterocycles. The Balaban J connectivity index is 2.54. The van der Waals surface area contributed by atoms with E-state index in [1.54, 1.807) is 13.2 Å². The quantitative estimate of drug-likeness (QED) is 0.801. The van der Waals surface area contributed by atoms with Gasteiger partial charge in [-0.05, 0) is 11.5 Å². The van der Waals surface area contributed by atoms with Crippen LogP contribution in [0, 0.1) is 0 Å². The lowest BCUT2D eigenvalue weighted by molar-refractivity contribution is 0.0691. The Kier molecular flexibility index (Phi) is 5.08. The Morgan fingerprint density at radius 1 is 1.33 bits per heavy atom. The van der Waals surface area contributed by atoms with Gasteiger partial charge >= 0.3 is 5.97 Å². The predicted octanol–water partition coefficient (Wildman–Crippen LogP) is 1.38. The van der Waals surface area contributed by atoms with Gasteiger partial charge in [0, 0.05) is 25.6 Å². The smallest absolute Gasteiger partial charge is 0.354 e. The van der Waals surface area contributed by atoms with Gasteiger partial charge in [-0.1, -0.05) is 24.3 Å². The van der Waals surface area contributed by atoms with E-state index in [1.165, 1.54) is 0 Å². The predicted molar refractivity (Wildman–Crippen MR) is 79.9 cm³/mol. The largest absolute Gasteiger partial charge is 0.477 e. The number of aliphatic hydroxyl groups is 1. The summed E-state index contributed by atoms with van der Waals surface area (Å²) in [6.07, 6.45) is 0. The van der Waals surface area contributed by atoms with Crippen molar-refractivity contribution in [3.05, 3.63) is 36.0 Å². The van der Waals surface area contributed by atoms with Crippen LogP contribution in [0.25, 0.3) is 10.8 Å². The molecule has 6 heteroatoms. The van der Waals surface area contributed by atoms with Crippen molar-refractivity contribution in [2.45, 2.75) is 0 Å². The fourth-order valence-electron chi connectivity index (χ4n) is 2.18. The highest BCUT2D eigenvalue weighted by atomic mass is 16.5. The zero-order valence-corrected chi connectivity index (χ0v) is 11.8. The molecule has 0 spiro atoms. The van der Waals surface area contributed by atoms with Gasteiger partial charge in [-0.15, -0.1) is 0 Å². The van der Waals surface area contributed by atoms with Crippen LogP contribution >= 0.6 is 0 Å². The van der Waals surface area contributed by atoms with Crippen LogP contribution < -0.4 is 4.90 Å². The van der Waals surface area contributed by atoms with Gasteiger partial charge in [0.1, 0.15) is 5.82 Å². The lowest BCUT2D eigenvalue weighted by Gasteiger charge is -2.24. The molecule has 6 nitrogen and oxygen atoms in total. The number of fused-ring (bicyclic) bond motifs is 1. The highest BCUT2D eigenvalue weighted by molar-refractivity contribution is 5.98. The first-order valence-electron chi connectivity index (χ1n) is 6.65. The highest BCUT2D eigenvalue weighted by Crippen LogP contribution is 2.25. The number of benzene rings is 1. The lowest BCUT2D eigenvalue weighted by atomic mass is 10.1. The zero-order chi connectivity index (χ0) is 15.2. The summed E-state index contributed by atoms with van der Waals surface area (Å²) in [5.74, 6) is -0.519. The van der Waals surface area contributed by atoms with Gasteiger partial charge in [0.25, 0.3) is 0 Å². The van der Waals surface area contributed by atoms with E-state index in [0.717, 1.165) is 10.8 Å². The molecule has 0 aliphatic rings. The molecule has 21 heavy (non-hydrogen) atoms. The van der Waals surface area contributed by atoms with Crippen molar-refractivity contribution in [1.82, 2.24) is 4.98 Å². The number of pyridine rings is 1. The number of ether oxygens (including phenoxy) is 1. The molecule has 0 amide bonds. The Labute approximate surface area is 122 Å². The van der Waals surface area contributed by atoms with Gasteiger partial charge in [0.05, 0.1) is 13.2 Å². The van der Waals surface area contributed by atoms with Crippen molar-refractivity contribution in [1.29, 1.82) is 0 Å². The molecular formula is C15H18N2O4. The van der Waals surface area contributed by atoms with Crippen LogP contribution in [0.3, 0.4) is 0 Å². The summed E-state index contributed by atoms with van der Waals surface area (Å²) in [4.78, 5) is 17.3. The summed E-state index contributed by atoms with van der Waals surface area (Å²) >= 11 is 0. The van der Waals surface area contributed by atoms with E-state index in [0.29, 0.717) is 25.5 Å². The van der Waals surface area contributed by atoms with E-state index in [1.807, 2.05) is 29.2 Å². The molecule has 2 aromatic rings. The van der Waals surface area contributed by atoms with E-state index in [2.05, 4.69) is 4.98 Å². The maximum atomic E-state index is 11.2. The molecule has 2 N–H and O–H groups in total. The number of nitrogens with zero attached hydrogens (tertiary/aromatic N) is 2. The number of hydrogen-bond donors (Lipinski definition) is 2. The van der Waals surface area contributed by atoms with Gasteiger partial charge in [-0.3, -0.25) is 0 Å². The van der Waals surface area contributed by atoms with Gasteiger partial charge in [-0.2, -0.15) is 0 Å². The maximum absolute atomic E-state index is 11.2. The van der Waals surface area contributed by atoms with Crippen molar-refractivity contribution in [2.24, 2.45) is 0 Å². The summed E-state index contributed by atoms with van der Waals surface area (Å²) in [5, 5.41) is 20.1. The first-order chi connectivity index (χ1) is 10.2. The minimum Gasteiger partial charge on any atom is -0.477 e. The average Bonchev–Trinajstić information content (AvgIpc) is 2.50. The molecule has 0 bridgehead atoms. The zero-order valence-electron chi connectivity index (χ0n) is 11.8. The minimum absolute atomic E-state index is 0.0101. The van der Waals surface area contributed by atoms with Crippen LogP contribution in [-0.4, -0.2) is 54.6 Å². The Hall–Kier alpha value is -2.18. The maximum Gasteiger partial charge on any atom is 0.354 e. The molecule has 1 aromatic heterocycles. The van der Waals surface area contributed by atoms with Crippen molar-refractivity contribution in [3.63, 3.8) is 0 Å². The standard InChI is InChI=1S/C15H18N2O4/c1-21-9-7-17(6-8-18)14-12-5-3-2-4-11(12)10-13(16-14)15(19)20/h2-5,10,18H,6-9H2,1H3,(H,19,20). The molecule has 1 aromatic carbocycles. The summed E-state index contributed by atoms with van der Waals surface area (Å²) in [7, 11) is 1.59. The molecule has 0 unspecified atom stereocenters. The first kappa shape index (κ1) is 15.2. The summed E-state index contributed by atoms with van der Waals surface area (Å²) < 4.78 is 5.06. The third-order valence-corrected chi connectivity index (χ3v) is 3.17. The van der Waals surface area contributed by atoms with Crippen LogP contribution in [0.2, 0.25) is 0 Å². The van der Waals surface area contributed by atoms with Crippen LogP contribution in [0.15, 0.2) is 30.3 Å². The van der Waals surface area contributed by atoms with E-state index in [4.69, 9.17) is 4.74 Å². The second-order valence-corrected chi connectivity index (χ2v) is 4.56. The van der Waals surface area contributed by atoms with Crippen molar-refractivity contribution >= 4 is 22.6 Å². The molecule has 0 aliphatic carbocycles. The SMILES string of the molecule is COCCN(CCO)c1nc(C(=O)O)cc2ccccc12. The molecule has 0 aliphatic heterocycles. The normalized spacial score (nSPS) is 10.8. The van der Waals surface area contributed by atoms with Gasteiger partial charge in [0.2, 0.25) is 0 Å². The minimum atomic E-state index is -1.07. The number of aliphatic hydroxyl groups excluding tert-OH is 1. The number of hydrogen-bond acceptors (Lipinski definition) is 5. The number of carbonyl (C=O) groups is 1. The van der Waals surface area contributed by atoms with E-state index in [-0.39, 0.29) is 12.3 Å². The summed E-state index contributed by atoms with van der Waals surface area (Å²) in [5.41, 5.74) is -0.0101. The lowest BCUT2D eigenvalue weighted by Crippen LogP contribution is -2.31. The first-order valence-corrected chi connectivity index (χ1v) is 6.65. The summed E-state index contributed by atoms with van der Waals surface area (Å²) in [6.45, 7) is 1.31. The van der Waals surface area contributed by atoms with Crippen LogP contribution in [-0.2, 0) is 4.74 Å². The number of aromatic nitrogens is 1. The van der Waals surface area contributed by atoms with Crippen molar-refractivity contribution < 1.29 is 19.7 Å². The number of anilines is 1. The molecule has 0 atom stereocenters. The second-order valence-electron chi connectivity index (χ2n) is 4.56. The summed E-state index contributed by atoms with van der Waals surface area (Å²) in [6, 6.07) is 9.01. The molecule has 0 radical (unpaired) electrons. The molecule has 1 heterocycles. The molecule has 0 saturated carbocycles. The number of aromatic carboxylic acids is 1. The van der Waals surface area contributed by atoms with Crippen LogP contribution in [0.1, 0.15) is 10.5 Å². The fraction of sp³-hybridized carbons (Fsp3) is 0.333. The molecule has 0 fully saturated rings. The van der Waals surface area contributed by atoms with Crippen molar-refractivity contribution in [2.75, 3.05) is 38.3 Å². The van der Waals surface area contributed by atoms with Crippen LogP contribution in [0.5, 0.6) is 0 Å². The van der Waals surface area contributed by atoms with Crippen molar-refractivity contribution in [3.8, 4) is 0 Å². The Morgan fingerprint density at radius 2 is 2.10 bits per heavy atom. The Morgan fingerprint density at radius 3 is 2.76 bits per heavy atom. The highest BCUT2D eigenvalue weighted by Gasteiger charge is 2.15. The van der Waals surface area contributed by atoms with E-state index >= 15 is 0 Å². The average molecular weight is 290 g/mol. The van der Waals surface area contributed by atoms with Crippen LogP contribution in [0.4, 0.5) is 5.82 Å². The third-order valence-electron chi connectivity index (χ3n) is 3.17. The van der Waals surface area contributed by atoms with Gasteiger partial charge in [-0.25, -0.2) is 9.78 Å². The monoisotopic (exact) mass is 290 g/mol. The van der Waals surface area contributed by atoms with Gasteiger partial charge < -0.3 is 19.8 Å². The van der Waals surface area contributed by atoms with Gasteiger partial charge in [0.15, 0.2) is 5.69 Å². The topological polar surface area (TPSA) is 82.9 Å². The number of rotatable bonds is 7. The number of methoxy groups -OCH3 is 1. The third kappa shape index (κ3) is 3.48. The van der Waals surface area contributed by atoms with E-state index in [9.17, 15) is 15.0 Å². The number of carboxylic acids is 1.